The summed E-state index contributed by atoms with van der Waals surface area (Å²) in [4.78, 5) is 0. The van der Waals surface area contributed by atoms with Crippen LogP contribution in [-0.4, -0.2) is 22.4 Å². The van der Waals surface area contributed by atoms with Gasteiger partial charge in [-0.3, -0.25) is 0 Å². The first-order valence-electron chi connectivity index (χ1n) is 9.89. The van der Waals surface area contributed by atoms with E-state index in [9.17, 15) is 10.2 Å². The van der Waals surface area contributed by atoms with Gasteiger partial charge in [0.15, 0.2) is 0 Å². The minimum absolute atomic E-state index is 0.0657. The summed E-state index contributed by atoms with van der Waals surface area (Å²) in [5.74, 6) is 2.59. The monoisotopic (exact) mass is 308 g/mol. The maximum atomic E-state index is 10.1. The Morgan fingerprint density at radius 3 is 1.55 bits per heavy atom. The summed E-state index contributed by atoms with van der Waals surface area (Å²) < 4.78 is 0. The van der Waals surface area contributed by atoms with Crippen molar-refractivity contribution in [1.82, 2.24) is 0 Å². The molecule has 0 heterocycles. The first kappa shape index (κ1) is 16.8. The lowest BCUT2D eigenvalue weighted by Gasteiger charge is -2.54. The Balaban J connectivity index is 1.79. The fraction of sp³-hybridized carbons (Fsp3) is 1.00. The van der Waals surface area contributed by atoms with E-state index in [1.54, 1.807) is 0 Å². The van der Waals surface area contributed by atoms with Crippen LogP contribution in [0.3, 0.4) is 0 Å². The largest absolute Gasteiger partial charge is 0.393 e. The van der Waals surface area contributed by atoms with Crippen LogP contribution >= 0.6 is 0 Å². The molecule has 0 aromatic rings. The Labute approximate surface area is 136 Å². The number of hydrogen-bond acceptors (Lipinski definition) is 2. The van der Waals surface area contributed by atoms with E-state index >= 15 is 0 Å². The quantitative estimate of drug-likeness (QED) is 0.786. The normalized spacial score (nSPS) is 46.4. The van der Waals surface area contributed by atoms with Crippen LogP contribution in [-0.2, 0) is 0 Å². The molecule has 2 N–H and O–H groups in total. The molecule has 22 heavy (non-hydrogen) atoms. The van der Waals surface area contributed by atoms with Gasteiger partial charge >= 0.3 is 0 Å². The van der Waals surface area contributed by atoms with Crippen molar-refractivity contribution in [2.75, 3.05) is 0 Å². The third-order valence-corrected chi connectivity index (χ3v) is 7.66. The lowest BCUT2D eigenvalue weighted by Crippen LogP contribution is -2.46. The molecule has 3 rings (SSSR count). The maximum Gasteiger partial charge on any atom is 0.0566 e. The zero-order chi connectivity index (χ0) is 15.7. The van der Waals surface area contributed by atoms with Gasteiger partial charge in [0, 0.05) is 0 Å². The van der Waals surface area contributed by atoms with Gasteiger partial charge in [-0.2, -0.15) is 0 Å². The third kappa shape index (κ3) is 3.11. The van der Waals surface area contributed by atoms with E-state index in [0.717, 1.165) is 24.7 Å². The fourth-order valence-corrected chi connectivity index (χ4v) is 6.16. The molecule has 2 nitrogen and oxygen atoms in total. The zero-order valence-electron chi connectivity index (χ0n) is 14.6. The summed E-state index contributed by atoms with van der Waals surface area (Å²) in [6.45, 7) is 4.50. The van der Waals surface area contributed by atoms with Crippen molar-refractivity contribution >= 4 is 0 Å². The second-order valence-corrected chi connectivity index (χ2v) is 8.90. The summed E-state index contributed by atoms with van der Waals surface area (Å²) in [7, 11) is 0. The molecule has 0 radical (unpaired) electrons. The van der Waals surface area contributed by atoms with E-state index in [2.05, 4.69) is 13.8 Å². The molecule has 6 atom stereocenters. The Morgan fingerprint density at radius 2 is 1.14 bits per heavy atom. The predicted molar refractivity (Wildman–Crippen MR) is 90.5 cm³/mol. The van der Waals surface area contributed by atoms with Gasteiger partial charge in [0.25, 0.3) is 0 Å². The molecule has 0 spiro atoms. The van der Waals surface area contributed by atoms with Crippen LogP contribution in [0.5, 0.6) is 0 Å². The molecule has 3 saturated carbocycles. The summed E-state index contributed by atoms with van der Waals surface area (Å²) in [6, 6.07) is 0. The van der Waals surface area contributed by atoms with Gasteiger partial charge in [-0.05, 0) is 80.5 Å². The highest BCUT2D eigenvalue weighted by Crippen LogP contribution is 2.57. The van der Waals surface area contributed by atoms with Crippen molar-refractivity contribution in [1.29, 1.82) is 0 Å². The van der Waals surface area contributed by atoms with Crippen LogP contribution in [0, 0.1) is 29.1 Å². The Morgan fingerprint density at radius 1 is 0.682 bits per heavy atom. The number of hydrogen-bond donors (Lipinski definition) is 2. The van der Waals surface area contributed by atoms with E-state index in [-0.39, 0.29) is 12.2 Å². The van der Waals surface area contributed by atoms with Crippen molar-refractivity contribution in [3.63, 3.8) is 0 Å². The van der Waals surface area contributed by atoms with Gasteiger partial charge in [-0.15, -0.1) is 0 Å². The van der Waals surface area contributed by atoms with Crippen LogP contribution in [0.1, 0.15) is 84.5 Å². The highest BCUT2D eigenvalue weighted by atomic mass is 16.3. The molecule has 6 unspecified atom stereocenters. The van der Waals surface area contributed by atoms with E-state index in [1.165, 1.54) is 57.8 Å². The molecular weight excluding hydrogens is 272 g/mol. The van der Waals surface area contributed by atoms with Crippen LogP contribution in [0.4, 0.5) is 0 Å². The number of rotatable bonds is 2. The highest BCUT2D eigenvalue weighted by Gasteiger charge is 2.48. The zero-order valence-corrected chi connectivity index (χ0v) is 14.6. The molecule has 0 saturated heterocycles. The van der Waals surface area contributed by atoms with E-state index < -0.39 is 0 Å². The Kier molecular flexibility index (Phi) is 5.19. The molecule has 3 aliphatic rings. The lowest BCUT2D eigenvalue weighted by atomic mass is 9.52. The molecule has 3 fully saturated rings. The number of aliphatic hydroxyl groups is 2. The average Bonchev–Trinajstić information content (AvgIpc) is 2.53. The smallest absolute Gasteiger partial charge is 0.0566 e. The van der Waals surface area contributed by atoms with Crippen molar-refractivity contribution in [3.05, 3.63) is 0 Å². The Bertz CT molecular complexity index is 333. The summed E-state index contributed by atoms with van der Waals surface area (Å²) >= 11 is 0. The molecule has 128 valence electrons. The molecule has 0 aromatic carbocycles. The van der Waals surface area contributed by atoms with Crippen LogP contribution in [0.2, 0.25) is 0 Å². The first-order valence-corrected chi connectivity index (χ1v) is 9.89. The lowest BCUT2D eigenvalue weighted by molar-refractivity contribution is -0.0699. The van der Waals surface area contributed by atoms with Crippen molar-refractivity contribution in [2.45, 2.75) is 96.7 Å². The van der Waals surface area contributed by atoms with E-state index in [0.29, 0.717) is 17.3 Å². The fourth-order valence-electron chi connectivity index (χ4n) is 6.16. The van der Waals surface area contributed by atoms with Gasteiger partial charge < -0.3 is 10.2 Å². The second kappa shape index (κ2) is 6.81. The summed E-state index contributed by atoms with van der Waals surface area (Å²) in [6.07, 6.45) is 13.9. The standard InChI is InChI=1S/C20H36O2/c1-14-12-16(6-8-18(14)21)20(10-4-3-5-11-20)17-7-9-19(22)15(2)13-17/h14-19,21-22H,3-13H2,1-2H3. The van der Waals surface area contributed by atoms with Crippen LogP contribution in [0.15, 0.2) is 0 Å². The second-order valence-electron chi connectivity index (χ2n) is 8.90. The van der Waals surface area contributed by atoms with Gasteiger partial charge in [0.1, 0.15) is 0 Å². The molecule has 2 heteroatoms. The van der Waals surface area contributed by atoms with Gasteiger partial charge in [-0.25, -0.2) is 0 Å². The number of aliphatic hydroxyl groups excluding tert-OH is 2. The van der Waals surface area contributed by atoms with E-state index in [1.807, 2.05) is 0 Å². The van der Waals surface area contributed by atoms with Gasteiger partial charge in [0.05, 0.1) is 12.2 Å². The molecule has 0 aromatic heterocycles. The summed E-state index contributed by atoms with van der Waals surface area (Å²) in [5.41, 5.74) is 0.529. The average molecular weight is 309 g/mol. The van der Waals surface area contributed by atoms with Crippen molar-refractivity contribution in [3.8, 4) is 0 Å². The minimum Gasteiger partial charge on any atom is -0.393 e. The SMILES string of the molecule is CC1CC(C2(C3CCC(O)C(C)C3)CCCCC2)CCC1O. The third-order valence-electron chi connectivity index (χ3n) is 7.66. The van der Waals surface area contributed by atoms with Crippen molar-refractivity contribution in [2.24, 2.45) is 29.1 Å². The minimum atomic E-state index is -0.0657. The van der Waals surface area contributed by atoms with Gasteiger partial charge in [-0.1, -0.05) is 33.1 Å². The predicted octanol–water partition coefficient (Wildman–Crippen LogP) is 4.53. The first-order chi connectivity index (χ1) is 10.5. The van der Waals surface area contributed by atoms with Gasteiger partial charge in [0.2, 0.25) is 0 Å². The van der Waals surface area contributed by atoms with Crippen molar-refractivity contribution < 1.29 is 10.2 Å². The Hall–Kier alpha value is -0.0800. The topological polar surface area (TPSA) is 40.5 Å². The molecular formula is C20H36O2. The van der Waals surface area contributed by atoms with Crippen LogP contribution < -0.4 is 0 Å². The molecule has 0 aliphatic heterocycles. The van der Waals surface area contributed by atoms with E-state index in [4.69, 9.17) is 0 Å². The molecule has 0 bridgehead atoms. The molecule has 0 amide bonds. The molecule has 3 aliphatic carbocycles. The maximum absolute atomic E-state index is 10.1. The highest BCUT2D eigenvalue weighted by molar-refractivity contribution is 4.99. The summed E-state index contributed by atoms with van der Waals surface area (Å²) in [5, 5.41) is 20.3. The van der Waals surface area contributed by atoms with Crippen LogP contribution in [0.25, 0.3) is 0 Å².